The highest BCUT2D eigenvalue weighted by molar-refractivity contribution is 6.04. The van der Waals surface area contributed by atoms with Crippen LogP contribution in [0.3, 0.4) is 0 Å². The van der Waals surface area contributed by atoms with Crippen molar-refractivity contribution in [2.24, 2.45) is 5.92 Å². The SMILES string of the molecule is CC(C)Cn1nc(C(=O)NCC2CN(Cc3ccccc3)CCO2)c2ccccc2c1=O. The molecule has 0 saturated carbocycles. The lowest BCUT2D eigenvalue weighted by Crippen LogP contribution is -2.47. The van der Waals surface area contributed by atoms with Gasteiger partial charge in [-0.15, -0.1) is 0 Å². The lowest BCUT2D eigenvalue weighted by molar-refractivity contribution is -0.0292. The van der Waals surface area contributed by atoms with Crippen molar-refractivity contribution in [1.29, 1.82) is 0 Å². The fourth-order valence-corrected chi connectivity index (χ4v) is 4.05. The molecule has 1 aliphatic heterocycles. The lowest BCUT2D eigenvalue weighted by Gasteiger charge is -2.33. The standard InChI is InChI=1S/C25H30N4O3/c1-18(2)15-29-25(31)22-11-7-6-10-21(22)23(27-29)24(30)26-14-20-17-28(12-13-32-20)16-19-8-4-3-5-9-19/h3-11,18,20H,12-17H2,1-2H3,(H,26,30). The fraction of sp³-hybridized carbons (Fsp3) is 0.400. The molecule has 1 fully saturated rings. The Kier molecular flexibility index (Phi) is 6.97. The van der Waals surface area contributed by atoms with Crippen molar-refractivity contribution in [1.82, 2.24) is 20.0 Å². The largest absolute Gasteiger partial charge is 0.374 e. The van der Waals surface area contributed by atoms with Gasteiger partial charge in [-0.2, -0.15) is 5.10 Å². The molecule has 7 heteroatoms. The summed E-state index contributed by atoms with van der Waals surface area (Å²) in [6.07, 6.45) is -0.0933. The van der Waals surface area contributed by atoms with Gasteiger partial charge in [0.15, 0.2) is 5.69 Å². The zero-order chi connectivity index (χ0) is 22.5. The number of benzene rings is 2. The highest BCUT2D eigenvalue weighted by atomic mass is 16.5. The number of hydrogen-bond acceptors (Lipinski definition) is 5. The van der Waals surface area contributed by atoms with Crippen LogP contribution in [0.4, 0.5) is 0 Å². The van der Waals surface area contributed by atoms with Crippen LogP contribution in [-0.4, -0.2) is 52.9 Å². The van der Waals surface area contributed by atoms with Gasteiger partial charge in [-0.1, -0.05) is 62.4 Å². The molecule has 1 N–H and O–H groups in total. The Bertz CT molecular complexity index is 1130. The summed E-state index contributed by atoms with van der Waals surface area (Å²) in [5, 5.41) is 8.48. The summed E-state index contributed by atoms with van der Waals surface area (Å²) in [4.78, 5) is 28.2. The van der Waals surface area contributed by atoms with Crippen molar-refractivity contribution in [2.75, 3.05) is 26.2 Å². The lowest BCUT2D eigenvalue weighted by atomic mass is 10.1. The molecule has 0 spiro atoms. The quantitative estimate of drug-likeness (QED) is 0.619. The number of carbonyl (C=O) groups excluding carboxylic acids is 1. The van der Waals surface area contributed by atoms with E-state index in [2.05, 4.69) is 27.4 Å². The molecule has 3 aromatic rings. The smallest absolute Gasteiger partial charge is 0.274 e. The first-order valence-corrected chi connectivity index (χ1v) is 11.2. The van der Waals surface area contributed by atoms with Crippen molar-refractivity contribution in [3.05, 3.63) is 76.2 Å². The summed E-state index contributed by atoms with van der Waals surface area (Å²) in [5.41, 5.74) is 1.37. The first kappa shape index (κ1) is 22.2. The number of hydrogen-bond donors (Lipinski definition) is 1. The fourth-order valence-electron chi connectivity index (χ4n) is 4.05. The molecule has 32 heavy (non-hydrogen) atoms. The first-order valence-electron chi connectivity index (χ1n) is 11.2. The van der Waals surface area contributed by atoms with Gasteiger partial charge in [0, 0.05) is 38.1 Å². The van der Waals surface area contributed by atoms with Crippen LogP contribution in [-0.2, 0) is 17.8 Å². The molecule has 1 aromatic heterocycles. The van der Waals surface area contributed by atoms with Crippen LogP contribution in [0.1, 0.15) is 29.9 Å². The van der Waals surface area contributed by atoms with E-state index in [4.69, 9.17) is 4.74 Å². The van der Waals surface area contributed by atoms with Crippen molar-refractivity contribution >= 4 is 16.7 Å². The molecule has 4 rings (SSSR count). The third-order valence-corrected chi connectivity index (χ3v) is 5.58. The Balaban J connectivity index is 1.46. The molecular formula is C25H30N4O3. The number of nitrogens with zero attached hydrogens (tertiary/aromatic N) is 3. The predicted octanol–water partition coefficient (Wildman–Crippen LogP) is 2.68. The Morgan fingerprint density at radius 2 is 1.84 bits per heavy atom. The summed E-state index contributed by atoms with van der Waals surface area (Å²) < 4.78 is 7.29. The van der Waals surface area contributed by atoms with E-state index in [0.29, 0.717) is 30.5 Å². The Labute approximate surface area is 188 Å². The second kappa shape index (κ2) is 10.1. The van der Waals surface area contributed by atoms with E-state index in [0.717, 1.165) is 19.6 Å². The van der Waals surface area contributed by atoms with E-state index in [1.807, 2.05) is 44.2 Å². The minimum atomic E-state index is -0.289. The molecule has 1 aliphatic rings. The van der Waals surface area contributed by atoms with E-state index in [1.54, 1.807) is 12.1 Å². The van der Waals surface area contributed by atoms with Gasteiger partial charge in [-0.05, 0) is 17.5 Å². The zero-order valence-corrected chi connectivity index (χ0v) is 18.7. The molecule has 1 saturated heterocycles. The maximum absolute atomic E-state index is 13.1. The molecule has 0 aliphatic carbocycles. The topological polar surface area (TPSA) is 76.5 Å². The van der Waals surface area contributed by atoms with Gasteiger partial charge in [-0.3, -0.25) is 14.5 Å². The second-order valence-electron chi connectivity index (χ2n) is 8.70. The average Bonchev–Trinajstić information content (AvgIpc) is 2.80. The third kappa shape index (κ3) is 5.23. The van der Waals surface area contributed by atoms with Gasteiger partial charge >= 0.3 is 0 Å². The molecule has 2 aromatic carbocycles. The van der Waals surface area contributed by atoms with Gasteiger partial charge in [0.1, 0.15) is 0 Å². The van der Waals surface area contributed by atoms with Crippen LogP contribution in [0.5, 0.6) is 0 Å². The molecule has 1 unspecified atom stereocenters. The van der Waals surface area contributed by atoms with E-state index >= 15 is 0 Å². The summed E-state index contributed by atoms with van der Waals surface area (Å²) >= 11 is 0. The molecule has 7 nitrogen and oxygen atoms in total. The number of rotatable bonds is 7. The van der Waals surface area contributed by atoms with E-state index in [-0.39, 0.29) is 29.2 Å². The van der Waals surface area contributed by atoms with Gasteiger partial charge in [0.2, 0.25) is 0 Å². The highest BCUT2D eigenvalue weighted by Gasteiger charge is 2.23. The highest BCUT2D eigenvalue weighted by Crippen LogP contribution is 2.15. The van der Waals surface area contributed by atoms with E-state index in [9.17, 15) is 9.59 Å². The summed E-state index contributed by atoms with van der Waals surface area (Å²) in [5.74, 6) is -0.0500. The number of aromatic nitrogens is 2. The average molecular weight is 435 g/mol. The number of fused-ring (bicyclic) bond motifs is 1. The predicted molar refractivity (Wildman–Crippen MR) is 125 cm³/mol. The van der Waals surface area contributed by atoms with Crippen LogP contribution in [0.25, 0.3) is 10.8 Å². The molecule has 1 amide bonds. The second-order valence-corrected chi connectivity index (χ2v) is 8.70. The first-order chi connectivity index (χ1) is 15.5. The van der Waals surface area contributed by atoms with Crippen LogP contribution in [0, 0.1) is 5.92 Å². The minimum Gasteiger partial charge on any atom is -0.374 e. The van der Waals surface area contributed by atoms with E-state index < -0.39 is 0 Å². The number of nitrogens with one attached hydrogen (secondary N) is 1. The molecule has 2 heterocycles. The van der Waals surface area contributed by atoms with Crippen molar-refractivity contribution in [3.63, 3.8) is 0 Å². The molecule has 0 bridgehead atoms. The molecule has 0 radical (unpaired) electrons. The third-order valence-electron chi connectivity index (χ3n) is 5.58. The Morgan fingerprint density at radius 1 is 1.12 bits per heavy atom. The number of ether oxygens (including phenoxy) is 1. The van der Waals surface area contributed by atoms with E-state index in [1.165, 1.54) is 10.2 Å². The van der Waals surface area contributed by atoms with Gasteiger partial charge in [0.05, 0.1) is 18.1 Å². The Hall–Kier alpha value is -3.03. The van der Waals surface area contributed by atoms with Gasteiger partial charge in [0.25, 0.3) is 11.5 Å². The van der Waals surface area contributed by atoms with Crippen molar-refractivity contribution in [3.8, 4) is 0 Å². The monoisotopic (exact) mass is 434 g/mol. The maximum atomic E-state index is 13.1. The van der Waals surface area contributed by atoms with Crippen LogP contribution in [0.2, 0.25) is 0 Å². The minimum absolute atomic E-state index is 0.0933. The summed E-state index contributed by atoms with van der Waals surface area (Å²) in [6, 6.07) is 17.5. The summed E-state index contributed by atoms with van der Waals surface area (Å²) in [6.45, 7) is 8.00. The summed E-state index contributed by atoms with van der Waals surface area (Å²) in [7, 11) is 0. The number of morpholine rings is 1. The Morgan fingerprint density at radius 3 is 2.59 bits per heavy atom. The molecule has 168 valence electrons. The number of carbonyl (C=O) groups is 1. The van der Waals surface area contributed by atoms with Crippen LogP contribution >= 0.6 is 0 Å². The van der Waals surface area contributed by atoms with Crippen molar-refractivity contribution < 1.29 is 9.53 Å². The maximum Gasteiger partial charge on any atom is 0.274 e. The molecule has 1 atom stereocenters. The van der Waals surface area contributed by atoms with Crippen LogP contribution < -0.4 is 10.9 Å². The normalized spacial score (nSPS) is 17.0. The number of amides is 1. The van der Waals surface area contributed by atoms with Crippen LogP contribution in [0.15, 0.2) is 59.4 Å². The van der Waals surface area contributed by atoms with Gasteiger partial charge in [-0.25, -0.2) is 4.68 Å². The molecular weight excluding hydrogens is 404 g/mol. The van der Waals surface area contributed by atoms with Crippen molar-refractivity contribution in [2.45, 2.75) is 33.0 Å². The zero-order valence-electron chi connectivity index (χ0n) is 18.7. The van der Waals surface area contributed by atoms with Gasteiger partial charge < -0.3 is 10.1 Å².